The topological polar surface area (TPSA) is 30.7 Å². The molecule has 3 nitrogen and oxygen atoms in total. The molecule has 0 radical (unpaired) electrons. The zero-order valence-corrected chi connectivity index (χ0v) is 27.9. The highest BCUT2D eigenvalue weighted by molar-refractivity contribution is 6.09. The van der Waals surface area contributed by atoms with Crippen molar-refractivity contribution < 1.29 is 0 Å². The van der Waals surface area contributed by atoms with Crippen molar-refractivity contribution in [2.45, 2.75) is 19.3 Å². The zero-order chi connectivity index (χ0) is 33.4. The molecule has 9 aromatic rings. The van der Waals surface area contributed by atoms with E-state index >= 15 is 0 Å². The molecule has 0 N–H and O–H groups in total. The average Bonchev–Trinajstić information content (AvgIpc) is 3.63. The summed E-state index contributed by atoms with van der Waals surface area (Å²) in [5.41, 5.74) is 13.6. The summed E-state index contributed by atoms with van der Waals surface area (Å²) in [6.07, 6.45) is 0. The predicted octanol–water partition coefficient (Wildman–Crippen LogP) is 12.0. The Morgan fingerprint density at radius 1 is 0.460 bits per heavy atom. The van der Waals surface area contributed by atoms with E-state index in [1.807, 2.05) is 0 Å². The molecule has 0 spiro atoms. The van der Waals surface area contributed by atoms with Crippen molar-refractivity contribution in [1.82, 2.24) is 14.5 Å². The molecule has 236 valence electrons. The van der Waals surface area contributed by atoms with Crippen LogP contribution in [0, 0.1) is 0 Å². The molecular formula is C47H33N3. The highest BCUT2D eigenvalue weighted by atomic mass is 15.0. The maximum atomic E-state index is 5.39. The normalized spacial score (nSPS) is 13.2. The van der Waals surface area contributed by atoms with Crippen molar-refractivity contribution in [2.75, 3.05) is 0 Å². The fourth-order valence-electron chi connectivity index (χ4n) is 8.16. The molecule has 0 saturated heterocycles. The minimum atomic E-state index is -0.102. The van der Waals surface area contributed by atoms with Crippen LogP contribution in [-0.4, -0.2) is 14.5 Å². The van der Waals surface area contributed by atoms with Gasteiger partial charge in [-0.2, -0.15) is 0 Å². The molecule has 0 atom stereocenters. The minimum Gasteiger partial charge on any atom is -0.309 e. The first-order valence-corrected chi connectivity index (χ1v) is 17.3. The van der Waals surface area contributed by atoms with Crippen LogP contribution >= 0.6 is 0 Å². The third-order valence-corrected chi connectivity index (χ3v) is 10.6. The molecule has 2 heterocycles. The van der Waals surface area contributed by atoms with Crippen LogP contribution in [0.15, 0.2) is 164 Å². The van der Waals surface area contributed by atoms with E-state index in [0.717, 1.165) is 33.8 Å². The molecule has 10 rings (SSSR count). The zero-order valence-electron chi connectivity index (χ0n) is 27.9. The second-order valence-electron chi connectivity index (χ2n) is 13.8. The number of benzene rings is 7. The molecule has 3 heteroatoms. The first-order chi connectivity index (χ1) is 24.5. The Morgan fingerprint density at radius 2 is 1.10 bits per heavy atom. The second-order valence-corrected chi connectivity index (χ2v) is 13.8. The van der Waals surface area contributed by atoms with Crippen molar-refractivity contribution in [3.63, 3.8) is 0 Å². The smallest absolute Gasteiger partial charge is 0.160 e. The van der Waals surface area contributed by atoms with Crippen LogP contribution in [-0.2, 0) is 5.41 Å². The number of para-hydroxylation sites is 2. The average molecular weight is 640 g/mol. The van der Waals surface area contributed by atoms with E-state index in [2.05, 4.69) is 182 Å². The van der Waals surface area contributed by atoms with E-state index in [1.54, 1.807) is 0 Å². The summed E-state index contributed by atoms with van der Waals surface area (Å²) in [6, 6.07) is 58.7. The lowest BCUT2D eigenvalue weighted by atomic mass is 9.82. The van der Waals surface area contributed by atoms with Gasteiger partial charge in [0.05, 0.1) is 22.4 Å². The molecule has 0 aliphatic heterocycles. The molecule has 2 aromatic heterocycles. The van der Waals surface area contributed by atoms with Gasteiger partial charge in [0.15, 0.2) is 5.82 Å². The van der Waals surface area contributed by atoms with Crippen molar-refractivity contribution in [3.05, 3.63) is 175 Å². The largest absolute Gasteiger partial charge is 0.309 e. The minimum absolute atomic E-state index is 0.102. The third kappa shape index (κ3) is 4.30. The Morgan fingerprint density at radius 3 is 1.92 bits per heavy atom. The fourth-order valence-corrected chi connectivity index (χ4v) is 8.16. The number of fused-ring (bicyclic) bond motifs is 7. The van der Waals surface area contributed by atoms with Crippen molar-refractivity contribution in [2.24, 2.45) is 0 Å². The summed E-state index contributed by atoms with van der Waals surface area (Å²) in [7, 11) is 0. The lowest BCUT2D eigenvalue weighted by Crippen LogP contribution is -2.14. The Labute approximate surface area is 291 Å². The maximum Gasteiger partial charge on any atom is 0.160 e. The number of aromatic nitrogens is 3. The Balaban J connectivity index is 1.21. The van der Waals surface area contributed by atoms with Gasteiger partial charge >= 0.3 is 0 Å². The molecule has 0 bridgehead atoms. The van der Waals surface area contributed by atoms with Crippen LogP contribution in [0.2, 0.25) is 0 Å². The summed E-state index contributed by atoms with van der Waals surface area (Å²) in [5, 5.41) is 4.89. The lowest BCUT2D eigenvalue weighted by Gasteiger charge is -2.21. The highest BCUT2D eigenvalue weighted by Gasteiger charge is 2.36. The summed E-state index contributed by atoms with van der Waals surface area (Å²) < 4.78 is 2.35. The Bertz CT molecular complexity index is 2750. The van der Waals surface area contributed by atoms with Crippen molar-refractivity contribution in [1.29, 1.82) is 0 Å². The lowest BCUT2D eigenvalue weighted by molar-refractivity contribution is 0.660. The highest BCUT2D eigenvalue weighted by Crippen LogP contribution is 2.52. The van der Waals surface area contributed by atoms with Gasteiger partial charge in [-0.25, -0.2) is 9.97 Å². The van der Waals surface area contributed by atoms with Crippen LogP contribution in [0.25, 0.3) is 83.3 Å². The molecule has 0 amide bonds. The number of nitrogens with zero attached hydrogens (tertiary/aromatic N) is 3. The number of rotatable bonds is 4. The van der Waals surface area contributed by atoms with Gasteiger partial charge in [0.2, 0.25) is 0 Å². The summed E-state index contributed by atoms with van der Waals surface area (Å²) >= 11 is 0. The molecule has 1 aliphatic carbocycles. The second kappa shape index (κ2) is 10.8. The van der Waals surface area contributed by atoms with E-state index in [9.17, 15) is 0 Å². The van der Waals surface area contributed by atoms with Crippen LogP contribution in [0.3, 0.4) is 0 Å². The molecule has 1 aliphatic rings. The van der Waals surface area contributed by atoms with E-state index in [0.29, 0.717) is 5.82 Å². The standard InChI is InChI=1S/C47H33N3/c1-47(2)39-21-8-5-19-37(39)45-38(20-12-22-40(45)47)42-29-41(32-26-25-30-13-3-4-14-31(30)27-32)48-46(49-42)33-15-11-16-34(28-33)50-43-23-9-6-17-35(43)36-18-7-10-24-44(36)50/h3-29H,1-2H3. The Kier molecular flexibility index (Phi) is 6.22. The van der Waals surface area contributed by atoms with Crippen molar-refractivity contribution in [3.8, 4) is 50.7 Å². The first kappa shape index (κ1) is 28.7. The predicted molar refractivity (Wildman–Crippen MR) is 208 cm³/mol. The van der Waals surface area contributed by atoms with E-state index in [-0.39, 0.29) is 5.41 Å². The summed E-state index contributed by atoms with van der Waals surface area (Å²) in [4.78, 5) is 10.7. The molecule has 0 fully saturated rings. The molecule has 0 saturated carbocycles. The summed E-state index contributed by atoms with van der Waals surface area (Å²) in [6.45, 7) is 4.65. The van der Waals surface area contributed by atoms with Gasteiger partial charge in [-0.3, -0.25) is 0 Å². The molecule has 7 aromatic carbocycles. The molecule has 0 unspecified atom stereocenters. The fraction of sp³-hybridized carbons (Fsp3) is 0.0638. The quantitative estimate of drug-likeness (QED) is 0.192. The third-order valence-electron chi connectivity index (χ3n) is 10.6. The monoisotopic (exact) mass is 639 g/mol. The summed E-state index contributed by atoms with van der Waals surface area (Å²) in [5.74, 6) is 0.705. The SMILES string of the molecule is CC1(C)c2ccccc2-c2c(-c3cc(-c4ccc5ccccc5c4)nc(-c4cccc(-n5c6ccccc6c6ccccc65)c4)n3)cccc21. The van der Waals surface area contributed by atoms with Gasteiger partial charge in [-0.1, -0.05) is 141 Å². The van der Waals surface area contributed by atoms with Gasteiger partial charge < -0.3 is 4.57 Å². The van der Waals surface area contributed by atoms with Crippen LogP contribution < -0.4 is 0 Å². The molecule has 50 heavy (non-hydrogen) atoms. The first-order valence-electron chi connectivity index (χ1n) is 17.3. The van der Waals surface area contributed by atoms with Gasteiger partial charge in [0.25, 0.3) is 0 Å². The number of hydrogen-bond acceptors (Lipinski definition) is 2. The van der Waals surface area contributed by atoms with Crippen LogP contribution in [0.4, 0.5) is 0 Å². The van der Waals surface area contributed by atoms with Gasteiger partial charge in [0, 0.05) is 38.6 Å². The van der Waals surface area contributed by atoms with Crippen LogP contribution in [0.1, 0.15) is 25.0 Å². The van der Waals surface area contributed by atoms with Crippen LogP contribution in [0.5, 0.6) is 0 Å². The van der Waals surface area contributed by atoms with E-state index in [4.69, 9.17) is 9.97 Å². The van der Waals surface area contributed by atoms with Gasteiger partial charge in [-0.05, 0) is 69.4 Å². The van der Waals surface area contributed by atoms with Crippen molar-refractivity contribution >= 4 is 32.6 Å². The van der Waals surface area contributed by atoms with Gasteiger partial charge in [0.1, 0.15) is 0 Å². The Hall–Kier alpha value is -6.32. The van der Waals surface area contributed by atoms with E-state index < -0.39 is 0 Å². The van der Waals surface area contributed by atoms with Gasteiger partial charge in [-0.15, -0.1) is 0 Å². The maximum absolute atomic E-state index is 5.39. The van der Waals surface area contributed by atoms with E-state index in [1.165, 1.54) is 54.8 Å². The number of hydrogen-bond donors (Lipinski definition) is 0. The molecular weight excluding hydrogens is 607 g/mol.